The van der Waals surface area contributed by atoms with Gasteiger partial charge in [-0.1, -0.05) is 29.8 Å². The molecule has 0 saturated carbocycles. The van der Waals surface area contributed by atoms with Crippen LogP contribution in [0.25, 0.3) is 0 Å². The van der Waals surface area contributed by atoms with Gasteiger partial charge in [0, 0.05) is 23.2 Å². The molecule has 2 aromatic rings. The number of halogens is 2. The van der Waals surface area contributed by atoms with E-state index in [4.69, 9.17) is 21.1 Å². The summed E-state index contributed by atoms with van der Waals surface area (Å²) >= 11 is 6.35. The van der Waals surface area contributed by atoms with Crippen molar-refractivity contribution in [2.24, 2.45) is 0 Å². The van der Waals surface area contributed by atoms with E-state index in [9.17, 15) is 4.39 Å². The Morgan fingerprint density at radius 2 is 1.88 bits per heavy atom. The fraction of sp³-hybridized carbons (Fsp3) is 0.368. The van der Waals surface area contributed by atoms with Crippen molar-refractivity contribution >= 4 is 11.6 Å². The molecule has 0 atom stereocenters. The lowest BCUT2D eigenvalue weighted by atomic mass is 10.2. The molecule has 136 valence electrons. The normalized spacial score (nSPS) is 10.7. The van der Waals surface area contributed by atoms with Crippen LogP contribution >= 0.6 is 11.6 Å². The lowest BCUT2D eigenvalue weighted by Gasteiger charge is -2.14. The molecule has 0 radical (unpaired) electrons. The summed E-state index contributed by atoms with van der Waals surface area (Å²) in [6, 6.07) is 10.1. The van der Waals surface area contributed by atoms with Crippen molar-refractivity contribution in [2.75, 3.05) is 27.2 Å². The molecular weight excluding hydrogens is 343 g/mol. The summed E-state index contributed by atoms with van der Waals surface area (Å²) < 4.78 is 24.8. The van der Waals surface area contributed by atoms with E-state index in [1.807, 2.05) is 13.1 Å². The second-order valence-electron chi connectivity index (χ2n) is 5.61. The Kier molecular flexibility index (Phi) is 7.98. The van der Waals surface area contributed by atoms with Crippen molar-refractivity contribution in [1.29, 1.82) is 0 Å². The highest BCUT2D eigenvalue weighted by Crippen LogP contribution is 2.34. The highest BCUT2D eigenvalue weighted by Gasteiger charge is 2.11. The maximum atomic E-state index is 13.7. The third-order valence-electron chi connectivity index (χ3n) is 3.77. The fourth-order valence-electron chi connectivity index (χ4n) is 2.37. The SMILES string of the molecule is CNCCCNCc1cc(OC)c(OCc2ccccc2F)cc1Cl. The van der Waals surface area contributed by atoms with E-state index in [1.54, 1.807) is 31.4 Å². The third-order valence-corrected chi connectivity index (χ3v) is 4.12. The van der Waals surface area contributed by atoms with Crippen molar-refractivity contribution in [1.82, 2.24) is 10.6 Å². The maximum absolute atomic E-state index is 13.7. The number of benzene rings is 2. The molecule has 6 heteroatoms. The molecule has 0 spiro atoms. The summed E-state index contributed by atoms with van der Waals surface area (Å²) in [4.78, 5) is 0. The predicted molar refractivity (Wildman–Crippen MR) is 99.0 cm³/mol. The summed E-state index contributed by atoms with van der Waals surface area (Å²) in [5.74, 6) is 0.775. The zero-order valence-electron chi connectivity index (χ0n) is 14.6. The Bertz CT molecular complexity index is 682. The average Bonchev–Trinajstić information content (AvgIpc) is 2.62. The second-order valence-corrected chi connectivity index (χ2v) is 6.02. The van der Waals surface area contributed by atoms with Gasteiger partial charge in [0.1, 0.15) is 12.4 Å². The van der Waals surface area contributed by atoms with Gasteiger partial charge in [0.15, 0.2) is 11.5 Å². The average molecular weight is 367 g/mol. The first kappa shape index (κ1) is 19.5. The summed E-state index contributed by atoms with van der Waals surface area (Å²) in [7, 11) is 3.51. The van der Waals surface area contributed by atoms with Gasteiger partial charge in [-0.3, -0.25) is 0 Å². The lowest BCUT2D eigenvalue weighted by Crippen LogP contribution is -2.19. The van der Waals surface area contributed by atoms with Gasteiger partial charge in [-0.15, -0.1) is 0 Å². The van der Waals surface area contributed by atoms with E-state index < -0.39 is 0 Å². The van der Waals surface area contributed by atoms with Crippen LogP contribution < -0.4 is 20.1 Å². The number of methoxy groups -OCH3 is 1. The minimum Gasteiger partial charge on any atom is -0.493 e. The van der Waals surface area contributed by atoms with Crippen LogP contribution in [0.15, 0.2) is 36.4 Å². The van der Waals surface area contributed by atoms with Crippen LogP contribution in [0.3, 0.4) is 0 Å². The number of nitrogens with one attached hydrogen (secondary N) is 2. The van der Waals surface area contributed by atoms with Gasteiger partial charge in [-0.25, -0.2) is 4.39 Å². The van der Waals surface area contributed by atoms with Crippen LogP contribution in [0.1, 0.15) is 17.5 Å². The highest BCUT2D eigenvalue weighted by molar-refractivity contribution is 6.31. The zero-order chi connectivity index (χ0) is 18.1. The molecule has 4 nitrogen and oxygen atoms in total. The van der Waals surface area contributed by atoms with Gasteiger partial charge in [0.05, 0.1) is 7.11 Å². The Balaban J connectivity index is 2.01. The quantitative estimate of drug-likeness (QED) is 0.628. The van der Waals surface area contributed by atoms with E-state index >= 15 is 0 Å². The molecule has 0 amide bonds. The molecular formula is C19H24ClFN2O2. The Hall–Kier alpha value is -1.82. The second kappa shape index (κ2) is 10.2. The van der Waals surface area contributed by atoms with E-state index in [2.05, 4.69) is 10.6 Å². The molecule has 0 aliphatic carbocycles. The third kappa shape index (κ3) is 5.88. The smallest absolute Gasteiger partial charge is 0.163 e. The minimum atomic E-state index is -0.296. The number of hydrogen-bond acceptors (Lipinski definition) is 4. The summed E-state index contributed by atoms with van der Waals surface area (Å²) in [6.07, 6.45) is 1.04. The van der Waals surface area contributed by atoms with Crippen molar-refractivity contribution in [3.63, 3.8) is 0 Å². The van der Waals surface area contributed by atoms with Gasteiger partial charge in [-0.05, 0) is 44.3 Å². The monoisotopic (exact) mass is 366 g/mol. The molecule has 0 fully saturated rings. The largest absolute Gasteiger partial charge is 0.493 e. The molecule has 0 aliphatic rings. The van der Waals surface area contributed by atoms with Crippen LogP contribution in [0, 0.1) is 5.82 Å². The van der Waals surface area contributed by atoms with Crippen molar-refractivity contribution in [2.45, 2.75) is 19.6 Å². The minimum absolute atomic E-state index is 0.112. The number of ether oxygens (including phenoxy) is 2. The van der Waals surface area contributed by atoms with Crippen LogP contribution in [0.2, 0.25) is 5.02 Å². The number of rotatable bonds is 10. The highest BCUT2D eigenvalue weighted by atomic mass is 35.5. The van der Waals surface area contributed by atoms with E-state index in [1.165, 1.54) is 6.07 Å². The lowest BCUT2D eigenvalue weighted by molar-refractivity contribution is 0.279. The molecule has 0 unspecified atom stereocenters. The van der Waals surface area contributed by atoms with Gasteiger partial charge >= 0.3 is 0 Å². The van der Waals surface area contributed by atoms with Gasteiger partial charge in [0.25, 0.3) is 0 Å². The van der Waals surface area contributed by atoms with Gasteiger partial charge in [-0.2, -0.15) is 0 Å². The summed E-state index contributed by atoms with van der Waals surface area (Å²) in [5.41, 5.74) is 1.41. The van der Waals surface area contributed by atoms with Crippen molar-refractivity contribution in [3.8, 4) is 11.5 Å². The molecule has 0 bridgehead atoms. The molecule has 2 N–H and O–H groups in total. The predicted octanol–water partition coefficient (Wildman–Crippen LogP) is 3.77. The molecule has 25 heavy (non-hydrogen) atoms. The Labute approximate surface area is 153 Å². The molecule has 0 aliphatic heterocycles. The standard InChI is InChI=1S/C19H24ClFN2O2/c1-22-8-5-9-23-12-15-10-18(24-2)19(11-16(15)20)25-13-14-6-3-4-7-17(14)21/h3-4,6-7,10-11,22-23H,5,8-9,12-13H2,1-2H3. The number of hydrogen-bond donors (Lipinski definition) is 2. The van der Waals surface area contributed by atoms with E-state index in [0.717, 1.165) is 25.1 Å². The Morgan fingerprint density at radius 3 is 2.60 bits per heavy atom. The first-order valence-corrected chi connectivity index (χ1v) is 8.61. The molecule has 2 aromatic carbocycles. The van der Waals surface area contributed by atoms with Crippen LogP contribution in [-0.2, 0) is 13.2 Å². The molecule has 0 heterocycles. The van der Waals surface area contributed by atoms with Gasteiger partial charge in [0.2, 0.25) is 0 Å². The first-order chi connectivity index (χ1) is 12.2. The Morgan fingerprint density at radius 1 is 1.08 bits per heavy atom. The zero-order valence-corrected chi connectivity index (χ0v) is 15.3. The summed E-state index contributed by atoms with van der Waals surface area (Å²) in [6.45, 7) is 2.62. The van der Waals surface area contributed by atoms with Crippen molar-refractivity contribution in [3.05, 3.63) is 58.4 Å². The van der Waals surface area contributed by atoms with Gasteiger partial charge < -0.3 is 20.1 Å². The molecule has 0 saturated heterocycles. The van der Waals surface area contributed by atoms with Crippen LogP contribution in [0.5, 0.6) is 11.5 Å². The summed E-state index contributed by atoms with van der Waals surface area (Å²) in [5, 5.41) is 7.04. The van der Waals surface area contributed by atoms with Crippen LogP contribution in [-0.4, -0.2) is 27.2 Å². The van der Waals surface area contributed by atoms with Crippen molar-refractivity contribution < 1.29 is 13.9 Å². The molecule has 0 aromatic heterocycles. The van der Waals surface area contributed by atoms with Crippen LogP contribution in [0.4, 0.5) is 4.39 Å². The maximum Gasteiger partial charge on any atom is 0.163 e. The van der Waals surface area contributed by atoms with E-state index in [-0.39, 0.29) is 12.4 Å². The first-order valence-electron chi connectivity index (χ1n) is 8.23. The molecule has 2 rings (SSSR count). The topological polar surface area (TPSA) is 42.5 Å². The fourth-order valence-corrected chi connectivity index (χ4v) is 2.59. The van der Waals surface area contributed by atoms with E-state index in [0.29, 0.717) is 28.6 Å².